The minimum atomic E-state index is 0.0157. The van der Waals surface area contributed by atoms with Gasteiger partial charge in [-0.25, -0.2) is 4.99 Å². The van der Waals surface area contributed by atoms with E-state index in [9.17, 15) is 4.79 Å². The molecule has 2 unspecified atom stereocenters. The Hall–Kier alpha value is -1.30. The Balaban J connectivity index is 1.88. The maximum Gasteiger partial charge on any atom is 0.243 e. The number of amides is 1. The molecule has 0 aromatic heterocycles. The van der Waals surface area contributed by atoms with E-state index in [0.717, 1.165) is 32.0 Å². The number of nitrogens with zero attached hydrogens (tertiary/aromatic N) is 2. The first-order valence-corrected chi connectivity index (χ1v) is 7.41. The lowest BCUT2D eigenvalue weighted by atomic mass is 10.1. The maximum atomic E-state index is 11.6. The van der Waals surface area contributed by atoms with Gasteiger partial charge < -0.3 is 20.3 Å². The molecule has 1 aliphatic carbocycles. The van der Waals surface area contributed by atoms with E-state index in [2.05, 4.69) is 22.5 Å². The minimum absolute atomic E-state index is 0.0157. The van der Waals surface area contributed by atoms with Crippen molar-refractivity contribution in [3.05, 3.63) is 0 Å². The third-order valence-corrected chi connectivity index (χ3v) is 3.86. The molecule has 0 aromatic carbocycles. The zero-order valence-corrected chi connectivity index (χ0v) is 12.7. The molecule has 2 fully saturated rings. The van der Waals surface area contributed by atoms with Gasteiger partial charge in [0.2, 0.25) is 5.91 Å². The van der Waals surface area contributed by atoms with Crippen LogP contribution in [0, 0.1) is 5.92 Å². The van der Waals surface area contributed by atoms with Crippen molar-refractivity contribution in [2.24, 2.45) is 10.9 Å². The lowest BCUT2D eigenvalue weighted by Crippen LogP contribution is -2.47. The van der Waals surface area contributed by atoms with Gasteiger partial charge in [-0.05, 0) is 25.2 Å². The largest absolute Gasteiger partial charge is 0.381 e. The molecule has 1 amide bonds. The number of ether oxygens (including phenoxy) is 1. The van der Waals surface area contributed by atoms with E-state index in [1.54, 1.807) is 19.0 Å². The zero-order valence-electron chi connectivity index (χ0n) is 12.7. The molecule has 2 atom stereocenters. The zero-order chi connectivity index (χ0) is 14.5. The average Bonchev–Trinajstić information content (AvgIpc) is 3.12. The van der Waals surface area contributed by atoms with Crippen molar-refractivity contribution >= 4 is 11.9 Å². The van der Waals surface area contributed by atoms with Crippen LogP contribution in [0.5, 0.6) is 0 Å². The van der Waals surface area contributed by atoms with Gasteiger partial charge in [-0.15, -0.1) is 0 Å². The first kappa shape index (κ1) is 15.1. The molecule has 6 nitrogen and oxygen atoms in total. The second-order valence-electron chi connectivity index (χ2n) is 5.95. The highest BCUT2D eigenvalue weighted by molar-refractivity contribution is 5.85. The van der Waals surface area contributed by atoms with Crippen molar-refractivity contribution in [1.82, 2.24) is 15.5 Å². The summed E-state index contributed by atoms with van der Waals surface area (Å²) < 4.78 is 5.36. The van der Waals surface area contributed by atoms with Crippen molar-refractivity contribution in [2.45, 2.75) is 38.3 Å². The van der Waals surface area contributed by atoms with Gasteiger partial charge in [-0.2, -0.15) is 0 Å². The molecular weight excluding hydrogens is 256 g/mol. The van der Waals surface area contributed by atoms with Crippen LogP contribution in [0.25, 0.3) is 0 Å². The summed E-state index contributed by atoms with van der Waals surface area (Å²) >= 11 is 0. The summed E-state index contributed by atoms with van der Waals surface area (Å²) in [6.45, 7) is 3.99. The van der Waals surface area contributed by atoms with Crippen molar-refractivity contribution in [2.75, 3.05) is 33.9 Å². The smallest absolute Gasteiger partial charge is 0.243 e. The number of carbonyl (C=O) groups excluding carboxylic acids is 1. The van der Waals surface area contributed by atoms with E-state index in [0.29, 0.717) is 18.0 Å². The molecule has 0 aromatic rings. The van der Waals surface area contributed by atoms with Gasteiger partial charge in [0.25, 0.3) is 0 Å². The van der Waals surface area contributed by atoms with Crippen LogP contribution in [0.1, 0.15) is 26.2 Å². The summed E-state index contributed by atoms with van der Waals surface area (Å²) in [6, 6.07) is 0.883. The third kappa shape index (κ3) is 4.67. The SMILES string of the molecule is CC1CC1NC(=NCC(=O)N(C)C)NC1CCOCC1. The summed E-state index contributed by atoms with van der Waals surface area (Å²) in [5, 5.41) is 6.84. The quantitative estimate of drug-likeness (QED) is 0.571. The van der Waals surface area contributed by atoms with E-state index in [1.165, 1.54) is 6.42 Å². The highest BCUT2D eigenvalue weighted by Crippen LogP contribution is 2.28. The van der Waals surface area contributed by atoms with Gasteiger partial charge in [-0.1, -0.05) is 6.92 Å². The molecule has 20 heavy (non-hydrogen) atoms. The Morgan fingerprint density at radius 1 is 1.30 bits per heavy atom. The topological polar surface area (TPSA) is 66.0 Å². The fraction of sp³-hybridized carbons (Fsp3) is 0.857. The second-order valence-corrected chi connectivity index (χ2v) is 5.95. The fourth-order valence-electron chi connectivity index (χ4n) is 2.16. The molecule has 1 saturated heterocycles. The first-order chi connectivity index (χ1) is 9.56. The Morgan fingerprint density at radius 3 is 2.50 bits per heavy atom. The van der Waals surface area contributed by atoms with Crippen LogP contribution < -0.4 is 10.6 Å². The molecule has 1 heterocycles. The number of guanidine groups is 1. The molecule has 114 valence electrons. The maximum absolute atomic E-state index is 11.6. The number of carbonyl (C=O) groups is 1. The van der Waals surface area contributed by atoms with Crippen LogP contribution in [-0.2, 0) is 9.53 Å². The van der Waals surface area contributed by atoms with E-state index in [-0.39, 0.29) is 12.5 Å². The van der Waals surface area contributed by atoms with Crippen LogP contribution in [0.4, 0.5) is 0 Å². The normalized spacial score (nSPS) is 27.1. The van der Waals surface area contributed by atoms with Gasteiger partial charge in [0, 0.05) is 39.4 Å². The van der Waals surface area contributed by atoms with Crippen LogP contribution in [0.2, 0.25) is 0 Å². The van der Waals surface area contributed by atoms with Crippen molar-refractivity contribution in [1.29, 1.82) is 0 Å². The van der Waals surface area contributed by atoms with Gasteiger partial charge in [-0.3, -0.25) is 4.79 Å². The second kappa shape index (κ2) is 6.92. The molecule has 0 bridgehead atoms. The first-order valence-electron chi connectivity index (χ1n) is 7.41. The van der Waals surface area contributed by atoms with Gasteiger partial charge in [0.15, 0.2) is 5.96 Å². The number of nitrogens with one attached hydrogen (secondary N) is 2. The summed E-state index contributed by atoms with van der Waals surface area (Å²) in [6.07, 6.45) is 3.15. The Morgan fingerprint density at radius 2 is 1.95 bits per heavy atom. The lowest BCUT2D eigenvalue weighted by molar-refractivity contribution is -0.127. The predicted molar refractivity (Wildman–Crippen MR) is 78.7 cm³/mol. The standard InChI is InChI=1S/C14H26N4O2/c1-10-8-12(10)17-14(15-9-13(19)18(2)3)16-11-4-6-20-7-5-11/h10-12H,4-9H2,1-3H3,(H2,15,16,17). The molecule has 0 radical (unpaired) electrons. The van der Waals surface area contributed by atoms with E-state index in [4.69, 9.17) is 4.74 Å². The Labute approximate surface area is 121 Å². The Bertz CT molecular complexity index is 364. The minimum Gasteiger partial charge on any atom is -0.381 e. The highest BCUT2D eigenvalue weighted by atomic mass is 16.5. The van der Waals surface area contributed by atoms with Gasteiger partial charge >= 0.3 is 0 Å². The molecule has 0 spiro atoms. The fourth-order valence-corrected chi connectivity index (χ4v) is 2.16. The number of hydrogen-bond acceptors (Lipinski definition) is 3. The summed E-state index contributed by atoms with van der Waals surface area (Å²) in [5.74, 6) is 1.48. The number of likely N-dealkylation sites (N-methyl/N-ethyl adjacent to an activating group) is 1. The molecule has 6 heteroatoms. The third-order valence-electron chi connectivity index (χ3n) is 3.86. The van der Waals surface area contributed by atoms with Crippen LogP contribution in [-0.4, -0.2) is 62.7 Å². The van der Waals surface area contributed by atoms with E-state index < -0.39 is 0 Å². The number of rotatable bonds is 4. The number of hydrogen-bond donors (Lipinski definition) is 2. The average molecular weight is 282 g/mol. The van der Waals surface area contributed by atoms with Crippen molar-refractivity contribution in [3.63, 3.8) is 0 Å². The van der Waals surface area contributed by atoms with Gasteiger partial charge in [0.05, 0.1) is 0 Å². The molecular formula is C14H26N4O2. The highest BCUT2D eigenvalue weighted by Gasteiger charge is 2.33. The van der Waals surface area contributed by atoms with E-state index in [1.807, 2.05) is 0 Å². The molecule has 1 aliphatic heterocycles. The summed E-state index contributed by atoms with van der Waals surface area (Å²) in [5.41, 5.74) is 0. The van der Waals surface area contributed by atoms with Crippen molar-refractivity contribution in [3.8, 4) is 0 Å². The Kier molecular flexibility index (Phi) is 5.23. The number of aliphatic imine (C=N–C) groups is 1. The lowest BCUT2D eigenvalue weighted by Gasteiger charge is -2.25. The molecule has 2 aliphatic rings. The molecule has 2 rings (SSSR count). The molecule has 1 saturated carbocycles. The summed E-state index contributed by atoms with van der Waals surface area (Å²) in [4.78, 5) is 17.6. The van der Waals surface area contributed by atoms with Crippen LogP contribution in [0.15, 0.2) is 4.99 Å². The monoisotopic (exact) mass is 282 g/mol. The van der Waals surface area contributed by atoms with Crippen LogP contribution in [0.3, 0.4) is 0 Å². The summed E-state index contributed by atoms with van der Waals surface area (Å²) in [7, 11) is 3.50. The van der Waals surface area contributed by atoms with Gasteiger partial charge in [0.1, 0.15) is 6.54 Å². The van der Waals surface area contributed by atoms with E-state index >= 15 is 0 Å². The van der Waals surface area contributed by atoms with Crippen LogP contribution >= 0.6 is 0 Å². The predicted octanol–water partition coefficient (Wildman–Crippen LogP) is 0.197. The molecule has 2 N–H and O–H groups in total. The van der Waals surface area contributed by atoms with Crippen molar-refractivity contribution < 1.29 is 9.53 Å².